The molecule has 2 aromatic rings. The first-order chi connectivity index (χ1) is 9.97. The highest BCUT2D eigenvalue weighted by Crippen LogP contribution is 2.37. The van der Waals surface area contributed by atoms with Crippen LogP contribution in [-0.2, 0) is 17.8 Å². The van der Waals surface area contributed by atoms with Gasteiger partial charge in [-0.2, -0.15) is 0 Å². The minimum absolute atomic E-state index is 0.0830. The number of aryl methyl sites for hydroxylation is 1. The van der Waals surface area contributed by atoms with Gasteiger partial charge in [-0.3, -0.25) is 14.2 Å². The number of carbonyl (C=O) groups is 2. The number of amides is 1. The monoisotopic (exact) mass is 288 g/mol. The average Bonchev–Trinajstić information content (AvgIpc) is 2.77. The molecule has 3 rings (SSSR count). The lowest BCUT2D eigenvalue weighted by Crippen LogP contribution is -2.23. The van der Waals surface area contributed by atoms with E-state index in [0.29, 0.717) is 17.5 Å². The molecule has 8 nitrogen and oxygen atoms in total. The molecule has 1 aliphatic heterocycles. The van der Waals surface area contributed by atoms with Gasteiger partial charge in [-0.15, -0.1) is 10.2 Å². The van der Waals surface area contributed by atoms with Crippen LogP contribution in [0.3, 0.4) is 0 Å². The van der Waals surface area contributed by atoms with Gasteiger partial charge in [-0.1, -0.05) is 0 Å². The van der Waals surface area contributed by atoms with Crippen molar-refractivity contribution >= 4 is 11.7 Å². The van der Waals surface area contributed by atoms with Gasteiger partial charge >= 0.3 is 0 Å². The van der Waals surface area contributed by atoms with Crippen LogP contribution in [0.25, 0.3) is 11.4 Å². The third kappa shape index (κ3) is 2.10. The maximum Gasteiger partial charge on any atom is 0.286 e. The highest BCUT2D eigenvalue weighted by Gasteiger charge is 2.26. The summed E-state index contributed by atoms with van der Waals surface area (Å²) in [5.74, 6) is -1.18. The molecule has 0 saturated heterocycles. The van der Waals surface area contributed by atoms with E-state index < -0.39 is 5.91 Å². The molecule has 0 fully saturated rings. The van der Waals surface area contributed by atoms with Crippen LogP contribution in [0.1, 0.15) is 22.6 Å². The summed E-state index contributed by atoms with van der Waals surface area (Å²) >= 11 is 0. The predicted octanol–water partition coefficient (Wildman–Crippen LogP) is -0.0295. The van der Waals surface area contributed by atoms with Gasteiger partial charge in [0.15, 0.2) is 11.6 Å². The number of nitrogens with two attached hydrogens (primary N) is 1. The molecule has 8 heteroatoms. The minimum Gasteiger partial charge on any atom is -0.508 e. The summed E-state index contributed by atoms with van der Waals surface area (Å²) in [6.07, 6.45) is 0.570. The quantitative estimate of drug-likeness (QED) is 0.675. The molecule has 0 saturated carbocycles. The summed E-state index contributed by atoms with van der Waals surface area (Å²) in [6.45, 7) is -0.0830. The van der Waals surface area contributed by atoms with Gasteiger partial charge in [-0.05, 0) is 18.1 Å². The Kier molecular flexibility index (Phi) is 2.86. The Bertz CT molecular complexity index is 766. The lowest BCUT2D eigenvalue weighted by Gasteiger charge is -2.16. The maximum atomic E-state index is 11.9. The Morgan fingerprint density at radius 3 is 2.71 bits per heavy atom. The first kappa shape index (κ1) is 13.1. The predicted molar refractivity (Wildman–Crippen MR) is 70.6 cm³/mol. The molecule has 0 radical (unpaired) electrons. The largest absolute Gasteiger partial charge is 0.508 e. The smallest absolute Gasteiger partial charge is 0.286 e. The van der Waals surface area contributed by atoms with Gasteiger partial charge in [0.1, 0.15) is 11.5 Å². The number of aromatic nitrogens is 3. The molecule has 2 heterocycles. The number of benzene rings is 1. The molecule has 1 aromatic heterocycles. The molecule has 0 bridgehead atoms. The van der Waals surface area contributed by atoms with Gasteiger partial charge in [0, 0.05) is 12.5 Å². The molecular weight excluding hydrogens is 276 g/mol. The van der Waals surface area contributed by atoms with Crippen LogP contribution in [0, 0.1) is 0 Å². The SMILES string of the molecule is NC(=O)c1nnc2n1CC(=O)CCc1cc(O)cc(O)c1-2. The Balaban J connectivity index is 2.31. The van der Waals surface area contributed by atoms with E-state index in [1.165, 1.54) is 16.7 Å². The van der Waals surface area contributed by atoms with Crippen LogP contribution in [0.2, 0.25) is 0 Å². The van der Waals surface area contributed by atoms with Gasteiger partial charge in [-0.25, -0.2) is 0 Å². The Labute approximate surface area is 118 Å². The van der Waals surface area contributed by atoms with Gasteiger partial charge in [0.25, 0.3) is 5.91 Å². The third-order valence-corrected chi connectivity index (χ3v) is 3.39. The van der Waals surface area contributed by atoms with Crippen molar-refractivity contribution in [3.05, 3.63) is 23.5 Å². The molecule has 21 heavy (non-hydrogen) atoms. The molecule has 0 unspecified atom stereocenters. The number of primary amides is 1. The second kappa shape index (κ2) is 4.58. The Hall–Kier alpha value is -2.90. The van der Waals surface area contributed by atoms with Crippen molar-refractivity contribution in [3.8, 4) is 22.9 Å². The molecule has 0 spiro atoms. The van der Waals surface area contributed by atoms with E-state index in [1.807, 2.05) is 0 Å². The topological polar surface area (TPSA) is 131 Å². The number of phenolic OH excluding ortho intramolecular Hbond substituents is 2. The van der Waals surface area contributed by atoms with E-state index in [9.17, 15) is 19.8 Å². The zero-order valence-electron chi connectivity index (χ0n) is 10.9. The summed E-state index contributed by atoms with van der Waals surface area (Å²) in [4.78, 5) is 23.3. The molecule has 1 aliphatic rings. The molecule has 1 amide bonds. The lowest BCUT2D eigenvalue weighted by atomic mass is 9.97. The number of hydrogen-bond acceptors (Lipinski definition) is 6. The molecule has 1 aromatic carbocycles. The number of Topliss-reactive ketones (excluding diaryl/α,β-unsaturated/α-hetero) is 1. The van der Waals surface area contributed by atoms with Crippen molar-refractivity contribution in [2.75, 3.05) is 0 Å². The van der Waals surface area contributed by atoms with Crippen LogP contribution in [0.4, 0.5) is 0 Å². The van der Waals surface area contributed by atoms with Crippen molar-refractivity contribution in [2.45, 2.75) is 19.4 Å². The fraction of sp³-hybridized carbons (Fsp3) is 0.231. The number of carbonyl (C=O) groups excluding carboxylic acids is 2. The van der Waals surface area contributed by atoms with E-state index >= 15 is 0 Å². The van der Waals surface area contributed by atoms with Crippen molar-refractivity contribution in [2.24, 2.45) is 5.73 Å². The van der Waals surface area contributed by atoms with E-state index in [1.54, 1.807) is 0 Å². The second-order valence-corrected chi connectivity index (χ2v) is 4.84. The Morgan fingerprint density at radius 1 is 1.24 bits per heavy atom. The van der Waals surface area contributed by atoms with E-state index in [-0.39, 0.29) is 41.9 Å². The summed E-state index contributed by atoms with van der Waals surface area (Å²) in [5.41, 5.74) is 6.13. The van der Waals surface area contributed by atoms with Gasteiger partial charge in [0.05, 0.1) is 12.1 Å². The minimum atomic E-state index is -0.804. The fourth-order valence-corrected chi connectivity index (χ4v) is 2.47. The molecular formula is C13H12N4O4. The number of aromatic hydroxyl groups is 2. The fourth-order valence-electron chi connectivity index (χ4n) is 2.47. The summed E-state index contributed by atoms with van der Waals surface area (Å²) in [7, 11) is 0. The number of hydrogen-bond donors (Lipinski definition) is 3. The van der Waals surface area contributed by atoms with Gasteiger partial charge < -0.3 is 15.9 Å². The number of phenols is 2. The van der Waals surface area contributed by atoms with Crippen molar-refractivity contribution < 1.29 is 19.8 Å². The first-order valence-electron chi connectivity index (χ1n) is 6.27. The van der Waals surface area contributed by atoms with Crippen molar-refractivity contribution in [1.29, 1.82) is 0 Å². The zero-order valence-corrected chi connectivity index (χ0v) is 10.9. The summed E-state index contributed by atoms with van der Waals surface area (Å²) in [6, 6.07) is 2.63. The first-order valence-corrected chi connectivity index (χ1v) is 6.27. The molecule has 108 valence electrons. The summed E-state index contributed by atoms with van der Waals surface area (Å²) in [5, 5.41) is 27.2. The van der Waals surface area contributed by atoms with Crippen LogP contribution >= 0.6 is 0 Å². The third-order valence-electron chi connectivity index (χ3n) is 3.39. The normalized spacial score (nSPS) is 14.0. The van der Waals surface area contributed by atoms with Crippen molar-refractivity contribution in [1.82, 2.24) is 14.8 Å². The molecule has 0 atom stereocenters. The van der Waals surface area contributed by atoms with Gasteiger partial charge in [0.2, 0.25) is 5.82 Å². The van der Waals surface area contributed by atoms with Crippen LogP contribution in [-0.4, -0.2) is 36.7 Å². The van der Waals surface area contributed by atoms with Crippen LogP contribution < -0.4 is 5.73 Å². The zero-order chi connectivity index (χ0) is 15.1. The summed E-state index contributed by atoms with van der Waals surface area (Å²) < 4.78 is 1.29. The lowest BCUT2D eigenvalue weighted by molar-refractivity contribution is -0.119. The highest BCUT2D eigenvalue weighted by atomic mass is 16.3. The van der Waals surface area contributed by atoms with E-state index in [0.717, 1.165) is 0 Å². The molecule has 0 aliphatic carbocycles. The number of ketones is 1. The molecule has 4 N–H and O–H groups in total. The number of fused-ring (bicyclic) bond motifs is 3. The maximum absolute atomic E-state index is 11.9. The Morgan fingerprint density at radius 2 is 2.00 bits per heavy atom. The van der Waals surface area contributed by atoms with Crippen molar-refractivity contribution in [3.63, 3.8) is 0 Å². The number of nitrogens with zero attached hydrogens (tertiary/aromatic N) is 3. The highest BCUT2D eigenvalue weighted by molar-refractivity contribution is 5.91. The number of rotatable bonds is 1. The van der Waals surface area contributed by atoms with E-state index in [2.05, 4.69) is 10.2 Å². The second-order valence-electron chi connectivity index (χ2n) is 4.84. The standard InChI is InChI=1S/C13H12N4O4/c14-11(21)13-16-15-12-10-6(3-8(19)4-9(10)20)1-2-7(18)5-17(12)13/h3-4,19-20H,1-2,5H2,(H2,14,21). The van der Waals surface area contributed by atoms with Crippen LogP contribution in [0.15, 0.2) is 12.1 Å². The van der Waals surface area contributed by atoms with Crippen LogP contribution in [0.5, 0.6) is 11.5 Å². The van der Waals surface area contributed by atoms with E-state index in [4.69, 9.17) is 5.73 Å². The average molecular weight is 288 g/mol.